The lowest BCUT2D eigenvalue weighted by Gasteiger charge is -2.09. The molecule has 0 saturated heterocycles. The predicted octanol–water partition coefficient (Wildman–Crippen LogP) is 2.45. The first-order valence-corrected chi connectivity index (χ1v) is 6.27. The molecule has 0 spiro atoms. The van der Waals surface area contributed by atoms with E-state index in [1.54, 1.807) is 20.0 Å². The second kappa shape index (κ2) is 5.14. The van der Waals surface area contributed by atoms with Gasteiger partial charge >= 0.3 is 0 Å². The van der Waals surface area contributed by atoms with Gasteiger partial charge < -0.3 is 5.32 Å². The molecule has 18 heavy (non-hydrogen) atoms. The molecule has 0 aliphatic rings. The summed E-state index contributed by atoms with van der Waals surface area (Å²) >= 11 is 1.18. The zero-order chi connectivity index (χ0) is 13.1. The van der Waals surface area contributed by atoms with Crippen LogP contribution in [0.3, 0.4) is 0 Å². The molecule has 1 amide bonds. The number of amides is 1. The molecule has 0 bridgehead atoms. The van der Waals surface area contributed by atoms with Gasteiger partial charge in [0, 0.05) is 24.3 Å². The highest BCUT2D eigenvalue weighted by Crippen LogP contribution is 2.19. The fraction of sp³-hybridized carbons (Fsp3) is 0.250. The van der Waals surface area contributed by atoms with Gasteiger partial charge in [-0.25, -0.2) is 4.98 Å². The van der Waals surface area contributed by atoms with Crippen LogP contribution < -0.4 is 10.6 Å². The van der Waals surface area contributed by atoms with Crippen molar-refractivity contribution >= 4 is 28.3 Å². The first kappa shape index (κ1) is 12.5. The smallest absolute Gasteiger partial charge is 0.259 e. The molecule has 1 aromatic carbocycles. The molecule has 0 radical (unpaired) electrons. The van der Waals surface area contributed by atoms with Gasteiger partial charge in [-0.05, 0) is 31.5 Å². The normalized spacial score (nSPS) is 10.2. The molecule has 0 unspecified atom stereocenters. The van der Waals surface area contributed by atoms with Gasteiger partial charge in [0.1, 0.15) is 5.82 Å². The van der Waals surface area contributed by atoms with E-state index in [0.717, 1.165) is 11.3 Å². The number of aryl methyl sites for hydroxylation is 2. The minimum absolute atomic E-state index is 0.185. The fourth-order valence-electron chi connectivity index (χ4n) is 1.58. The molecule has 0 atom stereocenters. The first-order valence-electron chi connectivity index (χ1n) is 5.50. The summed E-state index contributed by atoms with van der Waals surface area (Å²) in [5.74, 6) is 0.476. The molecule has 0 aliphatic heterocycles. The number of carbonyl (C=O) groups excluding carboxylic acids is 1. The Morgan fingerprint density at radius 3 is 2.72 bits per heavy atom. The number of rotatable bonds is 3. The van der Waals surface area contributed by atoms with Gasteiger partial charge in [0.05, 0.1) is 5.56 Å². The summed E-state index contributed by atoms with van der Waals surface area (Å²) in [5.41, 5.74) is 2.49. The standard InChI is InChI=1S/C12H14N4OS/c1-7-4-5-9(10(6-7)13-3)11(17)15-12-14-8(2)16-18-12/h4-6,13H,1-3H3,(H,14,15,16,17). The van der Waals surface area contributed by atoms with E-state index < -0.39 is 0 Å². The van der Waals surface area contributed by atoms with E-state index in [-0.39, 0.29) is 5.91 Å². The molecular weight excluding hydrogens is 248 g/mol. The maximum atomic E-state index is 12.1. The van der Waals surface area contributed by atoms with Crippen LogP contribution in [0.4, 0.5) is 10.8 Å². The van der Waals surface area contributed by atoms with Crippen molar-refractivity contribution in [2.75, 3.05) is 17.7 Å². The summed E-state index contributed by atoms with van der Waals surface area (Å²) in [4.78, 5) is 16.2. The lowest BCUT2D eigenvalue weighted by Crippen LogP contribution is -2.14. The van der Waals surface area contributed by atoms with Gasteiger partial charge in [0.25, 0.3) is 5.91 Å². The summed E-state index contributed by atoms with van der Waals surface area (Å²) in [5, 5.41) is 6.27. The lowest BCUT2D eigenvalue weighted by atomic mass is 10.1. The molecule has 0 aliphatic carbocycles. The molecular formula is C12H14N4OS. The largest absolute Gasteiger partial charge is 0.387 e. The molecule has 2 aromatic rings. The second-order valence-corrected chi connectivity index (χ2v) is 4.65. The van der Waals surface area contributed by atoms with Crippen molar-refractivity contribution in [1.82, 2.24) is 9.36 Å². The average Bonchev–Trinajstić information content (AvgIpc) is 2.74. The van der Waals surface area contributed by atoms with Crippen LogP contribution in [0.2, 0.25) is 0 Å². The zero-order valence-electron chi connectivity index (χ0n) is 10.4. The van der Waals surface area contributed by atoms with Gasteiger partial charge in [-0.3, -0.25) is 10.1 Å². The Bertz CT molecular complexity index is 579. The van der Waals surface area contributed by atoms with Crippen LogP contribution in [-0.4, -0.2) is 22.3 Å². The number of nitrogens with zero attached hydrogens (tertiary/aromatic N) is 2. The predicted molar refractivity (Wildman–Crippen MR) is 73.3 cm³/mol. The van der Waals surface area contributed by atoms with E-state index >= 15 is 0 Å². The highest BCUT2D eigenvalue weighted by molar-refractivity contribution is 7.09. The highest BCUT2D eigenvalue weighted by Gasteiger charge is 2.12. The maximum Gasteiger partial charge on any atom is 0.259 e. The van der Waals surface area contributed by atoms with E-state index in [4.69, 9.17) is 0 Å². The van der Waals surface area contributed by atoms with Crippen molar-refractivity contribution in [3.05, 3.63) is 35.2 Å². The van der Waals surface area contributed by atoms with Gasteiger partial charge in [-0.2, -0.15) is 4.37 Å². The molecule has 2 N–H and O–H groups in total. The van der Waals surface area contributed by atoms with Gasteiger partial charge in [-0.1, -0.05) is 6.07 Å². The third kappa shape index (κ3) is 2.65. The number of anilines is 2. The van der Waals surface area contributed by atoms with Gasteiger partial charge in [0.15, 0.2) is 0 Å². The number of hydrogen-bond donors (Lipinski definition) is 2. The number of aromatic nitrogens is 2. The lowest BCUT2D eigenvalue weighted by molar-refractivity contribution is 0.102. The van der Waals surface area contributed by atoms with Crippen LogP contribution in [-0.2, 0) is 0 Å². The molecule has 0 saturated carbocycles. The number of carbonyl (C=O) groups is 1. The van der Waals surface area contributed by atoms with Crippen molar-refractivity contribution in [3.63, 3.8) is 0 Å². The molecule has 1 heterocycles. The molecule has 0 fully saturated rings. The minimum Gasteiger partial charge on any atom is -0.387 e. The Hall–Kier alpha value is -1.95. The van der Waals surface area contributed by atoms with Crippen molar-refractivity contribution in [2.45, 2.75) is 13.8 Å². The third-order valence-electron chi connectivity index (χ3n) is 2.44. The van der Waals surface area contributed by atoms with Crippen molar-refractivity contribution in [2.24, 2.45) is 0 Å². The van der Waals surface area contributed by atoms with E-state index in [1.807, 2.05) is 19.1 Å². The van der Waals surface area contributed by atoms with Gasteiger partial charge in [0.2, 0.25) is 5.13 Å². The van der Waals surface area contributed by atoms with Crippen molar-refractivity contribution in [3.8, 4) is 0 Å². The van der Waals surface area contributed by atoms with E-state index in [9.17, 15) is 4.79 Å². The summed E-state index contributed by atoms with van der Waals surface area (Å²) in [6.07, 6.45) is 0. The second-order valence-electron chi connectivity index (χ2n) is 3.90. The number of benzene rings is 1. The Morgan fingerprint density at radius 2 is 2.11 bits per heavy atom. The summed E-state index contributed by atoms with van der Waals surface area (Å²) in [7, 11) is 1.79. The van der Waals surface area contributed by atoms with Gasteiger partial charge in [-0.15, -0.1) is 0 Å². The monoisotopic (exact) mass is 262 g/mol. The Kier molecular flexibility index (Phi) is 3.57. The van der Waals surface area contributed by atoms with E-state index in [1.165, 1.54) is 11.5 Å². The maximum absolute atomic E-state index is 12.1. The quantitative estimate of drug-likeness (QED) is 0.891. The third-order valence-corrected chi connectivity index (χ3v) is 3.16. The van der Waals surface area contributed by atoms with E-state index in [0.29, 0.717) is 16.5 Å². The van der Waals surface area contributed by atoms with Crippen LogP contribution in [0.15, 0.2) is 18.2 Å². The number of nitrogens with one attached hydrogen (secondary N) is 2. The molecule has 2 rings (SSSR count). The topological polar surface area (TPSA) is 66.9 Å². The number of hydrogen-bond acceptors (Lipinski definition) is 5. The summed E-state index contributed by atoms with van der Waals surface area (Å²) < 4.78 is 4.02. The molecule has 5 nitrogen and oxygen atoms in total. The minimum atomic E-state index is -0.185. The van der Waals surface area contributed by atoms with Crippen LogP contribution in [0, 0.1) is 13.8 Å². The zero-order valence-corrected chi connectivity index (χ0v) is 11.3. The SMILES string of the molecule is CNc1cc(C)ccc1C(=O)Nc1nc(C)ns1. The fourth-order valence-corrected chi connectivity index (χ4v) is 2.15. The highest BCUT2D eigenvalue weighted by atomic mass is 32.1. The molecule has 6 heteroatoms. The van der Waals surface area contributed by atoms with Crippen LogP contribution in [0.25, 0.3) is 0 Å². The molecule has 94 valence electrons. The Balaban J connectivity index is 2.23. The Morgan fingerprint density at radius 1 is 1.33 bits per heavy atom. The van der Waals surface area contributed by atoms with Crippen LogP contribution in [0.5, 0.6) is 0 Å². The van der Waals surface area contributed by atoms with Crippen molar-refractivity contribution < 1.29 is 4.79 Å². The first-order chi connectivity index (χ1) is 8.60. The Labute approximate surface area is 109 Å². The average molecular weight is 262 g/mol. The van der Waals surface area contributed by atoms with Crippen molar-refractivity contribution in [1.29, 1.82) is 0 Å². The van der Waals surface area contributed by atoms with Crippen LogP contribution >= 0.6 is 11.5 Å². The summed E-state index contributed by atoms with van der Waals surface area (Å²) in [6.45, 7) is 3.77. The molecule has 1 aromatic heterocycles. The van der Waals surface area contributed by atoms with Crippen LogP contribution in [0.1, 0.15) is 21.7 Å². The summed E-state index contributed by atoms with van der Waals surface area (Å²) in [6, 6.07) is 5.63. The van der Waals surface area contributed by atoms with E-state index in [2.05, 4.69) is 20.0 Å².